The van der Waals surface area contributed by atoms with Crippen LogP contribution in [0.25, 0.3) is 20.3 Å². The number of amides is 2. The highest BCUT2D eigenvalue weighted by Crippen LogP contribution is 2.38. The predicted molar refractivity (Wildman–Crippen MR) is 135 cm³/mol. The molecule has 1 aliphatic rings. The molecule has 2 aromatic carbocycles. The Labute approximate surface area is 199 Å². The van der Waals surface area contributed by atoms with Gasteiger partial charge in [0.1, 0.15) is 5.75 Å². The summed E-state index contributed by atoms with van der Waals surface area (Å²) < 4.78 is 8.03. The maximum Gasteiger partial charge on any atom is 0.262 e. The molecule has 4 aromatic rings. The standard InChI is InChI=1S/C25H23N3O3S2/c1-15-26-24-21(33-15)13-20(17-10-11-32-25(17)24)31-14-23(30)28-19-9-5-4-8-18(19)27-22(29)12-16-6-2-3-7-16/h2,4-6,8-11,13,16H,3,7,12,14H2,1H3,(H,27,29)(H,28,30). The molecule has 6 nitrogen and oxygen atoms in total. The van der Waals surface area contributed by atoms with Gasteiger partial charge in [-0.15, -0.1) is 22.7 Å². The first-order valence-electron chi connectivity index (χ1n) is 10.8. The van der Waals surface area contributed by atoms with Crippen LogP contribution >= 0.6 is 22.7 Å². The smallest absolute Gasteiger partial charge is 0.262 e. The van der Waals surface area contributed by atoms with Crippen LogP contribution in [0.2, 0.25) is 0 Å². The highest BCUT2D eigenvalue weighted by Gasteiger charge is 2.17. The number of thiazole rings is 1. The third-order valence-electron chi connectivity index (χ3n) is 5.56. The largest absolute Gasteiger partial charge is 0.483 e. The molecule has 2 heterocycles. The third-order valence-corrected chi connectivity index (χ3v) is 7.40. The summed E-state index contributed by atoms with van der Waals surface area (Å²) in [5.74, 6) is 0.606. The fraction of sp³-hybridized carbons (Fsp3) is 0.240. The number of benzene rings is 2. The van der Waals surface area contributed by atoms with Crippen molar-refractivity contribution >= 4 is 66.2 Å². The molecule has 1 aliphatic carbocycles. The molecule has 168 valence electrons. The zero-order valence-corrected chi connectivity index (χ0v) is 19.7. The number of nitrogens with one attached hydrogen (secondary N) is 2. The van der Waals surface area contributed by atoms with Gasteiger partial charge in [-0.3, -0.25) is 9.59 Å². The molecule has 0 bridgehead atoms. The van der Waals surface area contributed by atoms with Crippen LogP contribution < -0.4 is 15.4 Å². The van der Waals surface area contributed by atoms with Crippen LogP contribution in [-0.2, 0) is 9.59 Å². The van der Waals surface area contributed by atoms with Crippen LogP contribution in [-0.4, -0.2) is 23.4 Å². The number of carbonyl (C=O) groups is 2. The number of fused-ring (bicyclic) bond motifs is 3. The maximum absolute atomic E-state index is 12.7. The van der Waals surface area contributed by atoms with E-state index in [1.54, 1.807) is 34.8 Å². The van der Waals surface area contributed by atoms with Crippen molar-refractivity contribution in [3.8, 4) is 5.75 Å². The van der Waals surface area contributed by atoms with Crippen LogP contribution in [0.3, 0.4) is 0 Å². The Morgan fingerprint density at radius 1 is 1.15 bits per heavy atom. The molecule has 0 saturated heterocycles. The molecule has 5 rings (SSSR count). The van der Waals surface area contributed by atoms with E-state index < -0.39 is 0 Å². The van der Waals surface area contributed by atoms with E-state index in [1.165, 1.54) is 0 Å². The minimum Gasteiger partial charge on any atom is -0.483 e. The molecule has 2 N–H and O–H groups in total. The van der Waals surface area contributed by atoms with Crippen LogP contribution in [0.1, 0.15) is 24.3 Å². The van der Waals surface area contributed by atoms with Gasteiger partial charge in [0.05, 0.1) is 31.3 Å². The molecule has 33 heavy (non-hydrogen) atoms. The number of aryl methyl sites for hydroxylation is 1. The summed E-state index contributed by atoms with van der Waals surface area (Å²) in [5, 5.41) is 9.75. The summed E-state index contributed by atoms with van der Waals surface area (Å²) in [5.41, 5.74) is 2.12. The quantitative estimate of drug-likeness (QED) is 0.314. The number of carbonyl (C=O) groups excluding carboxylic acids is 2. The zero-order chi connectivity index (χ0) is 22.8. The third kappa shape index (κ3) is 4.77. The Hall–Kier alpha value is -3.23. The number of anilines is 2. The molecular weight excluding hydrogens is 454 g/mol. The lowest BCUT2D eigenvalue weighted by Gasteiger charge is -2.14. The summed E-state index contributed by atoms with van der Waals surface area (Å²) in [6, 6.07) is 11.2. The van der Waals surface area contributed by atoms with E-state index in [0.29, 0.717) is 23.5 Å². The van der Waals surface area contributed by atoms with E-state index in [9.17, 15) is 9.59 Å². The number of ether oxygens (including phenoxy) is 1. The van der Waals surface area contributed by atoms with Gasteiger partial charge in [-0.05, 0) is 49.3 Å². The number of allylic oxidation sites excluding steroid dienone is 2. The van der Waals surface area contributed by atoms with E-state index in [-0.39, 0.29) is 24.3 Å². The monoisotopic (exact) mass is 477 g/mol. The molecule has 8 heteroatoms. The molecule has 2 aromatic heterocycles. The van der Waals surface area contributed by atoms with Crippen LogP contribution in [0.5, 0.6) is 5.75 Å². The van der Waals surface area contributed by atoms with Gasteiger partial charge >= 0.3 is 0 Å². The minimum atomic E-state index is -0.292. The molecule has 0 radical (unpaired) electrons. The summed E-state index contributed by atoms with van der Waals surface area (Å²) in [6.07, 6.45) is 6.69. The number of nitrogens with zero attached hydrogens (tertiary/aromatic N) is 1. The lowest BCUT2D eigenvalue weighted by atomic mass is 10.0. The molecule has 0 aliphatic heterocycles. The van der Waals surface area contributed by atoms with Crippen LogP contribution in [0, 0.1) is 12.8 Å². The van der Waals surface area contributed by atoms with Crippen LogP contribution in [0.15, 0.2) is 53.9 Å². The fourth-order valence-corrected chi connectivity index (χ4v) is 5.87. The van der Waals surface area contributed by atoms with Crippen molar-refractivity contribution in [3.05, 3.63) is 58.9 Å². The second-order valence-electron chi connectivity index (χ2n) is 8.02. The molecule has 1 atom stereocenters. The second kappa shape index (κ2) is 9.33. The first kappa shape index (κ1) is 21.6. The van der Waals surface area contributed by atoms with Gasteiger partial charge < -0.3 is 15.4 Å². The zero-order valence-electron chi connectivity index (χ0n) is 18.1. The average molecular weight is 478 g/mol. The predicted octanol–water partition coefficient (Wildman–Crippen LogP) is 6.13. The lowest BCUT2D eigenvalue weighted by Crippen LogP contribution is -2.22. The number of thiophene rings is 1. The van der Waals surface area contributed by atoms with E-state index >= 15 is 0 Å². The number of hydrogen-bond donors (Lipinski definition) is 2. The van der Waals surface area contributed by atoms with Crippen molar-refractivity contribution in [2.45, 2.75) is 26.2 Å². The maximum atomic E-state index is 12.7. The highest BCUT2D eigenvalue weighted by molar-refractivity contribution is 7.21. The SMILES string of the molecule is Cc1nc2c(cc(OCC(=O)Nc3ccccc3NC(=O)CC3C=CCC3)c3ccsc32)s1. The van der Waals surface area contributed by atoms with Gasteiger partial charge in [-0.2, -0.15) is 0 Å². The van der Waals surface area contributed by atoms with E-state index in [0.717, 1.165) is 38.2 Å². The van der Waals surface area contributed by atoms with Crippen molar-refractivity contribution < 1.29 is 14.3 Å². The average Bonchev–Trinajstić information content (AvgIpc) is 3.53. The number of para-hydroxylation sites is 2. The molecule has 0 fully saturated rings. The van der Waals surface area contributed by atoms with Crippen molar-refractivity contribution in [2.75, 3.05) is 17.2 Å². The van der Waals surface area contributed by atoms with Gasteiger partial charge in [0, 0.05) is 17.9 Å². The Bertz CT molecular complexity index is 1370. The number of aromatic nitrogens is 1. The van der Waals surface area contributed by atoms with E-state index in [4.69, 9.17) is 4.74 Å². The topological polar surface area (TPSA) is 80.3 Å². The Balaban J connectivity index is 1.26. The van der Waals surface area contributed by atoms with E-state index in [1.807, 2.05) is 36.6 Å². The van der Waals surface area contributed by atoms with Crippen molar-refractivity contribution in [3.63, 3.8) is 0 Å². The minimum absolute atomic E-state index is 0.0579. The van der Waals surface area contributed by atoms with Crippen molar-refractivity contribution in [2.24, 2.45) is 5.92 Å². The Morgan fingerprint density at radius 3 is 2.70 bits per heavy atom. The van der Waals surface area contributed by atoms with Crippen molar-refractivity contribution in [1.82, 2.24) is 4.98 Å². The summed E-state index contributed by atoms with van der Waals surface area (Å²) in [4.78, 5) is 29.7. The summed E-state index contributed by atoms with van der Waals surface area (Å²) >= 11 is 3.23. The molecule has 0 spiro atoms. The molecular formula is C25H23N3O3S2. The van der Waals surface area contributed by atoms with Crippen molar-refractivity contribution in [1.29, 1.82) is 0 Å². The molecule has 2 amide bonds. The molecule has 0 saturated carbocycles. The first-order valence-corrected chi connectivity index (χ1v) is 12.5. The van der Waals surface area contributed by atoms with Gasteiger partial charge in [0.15, 0.2) is 6.61 Å². The van der Waals surface area contributed by atoms with Gasteiger partial charge in [-0.1, -0.05) is 24.3 Å². The van der Waals surface area contributed by atoms with Crippen LogP contribution in [0.4, 0.5) is 11.4 Å². The summed E-state index contributed by atoms with van der Waals surface area (Å²) in [6.45, 7) is 1.85. The Kier molecular flexibility index (Phi) is 6.11. The number of hydrogen-bond acceptors (Lipinski definition) is 6. The van der Waals surface area contributed by atoms with Gasteiger partial charge in [0.25, 0.3) is 5.91 Å². The lowest BCUT2D eigenvalue weighted by molar-refractivity contribution is -0.118. The summed E-state index contributed by atoms with van der Waals surface area (Å²) in [7, 11) is 0. The van der Waals surface area contributed by atoms with Gasteiger partial charge in [-0.25, -0.2) is 4.98 Å². The highest BCUT2D eigenvalue weighted by atomic mass is 32.1. The normalized spacial score (nSPS) is 15.2. The molecule has 1 unspecified atom stereocenters. The Morgan fingerprint density at radius 2 is 1.94 bits per heavy atom. The second-order valence-corrected chi connectivity index (χ2v) is 10.2. The number of rotatable bonds is 7. The first-order chi connectivity index (χ1) is 16.1. The fourth-order valence-electron chi connectivity index (χ4n) is 4.04. The van der Waals surface area contributed by atoms with Gasteiger partial charge in [0.2, 0.25) is 5.91 Å². The van der Waals surface area contributed by atoms with E-state index in [2.05, 4.69) is 27.8 Å².